The maximum absolute atomic E-state index is 12.5. The normalized spacial score (nSPS) is 12.7. The number of alkyl halides is 3. The number of hydrogen-bond acceptors (Lipinski definition) is 3. The lowest BCUT2D eigenvalue weighted by Gasteiger charge is -2.23. The van der Waals surface area contributed by atoms with Crippen molar-refractivity contribution in [2.45, 2.75) is 24.9 Å². The van der Waals surface area contributed by atoms with Crippen LogP contribution in [0.4, 0.5) is 18.9 Å². The van der Waals surface area contributed by atoms with Crippen molar-refractivity contribution in [2.75, 3.05) is 25.0 Å². The van der Waals surface area contributed by atoms with Gasteiger partial charge >= 0.3 is 6.18 Å². The van der Waals surface area contributed by atoms with E-state index in [0.29, 0.717) is 16.5 Å². The van der Waals surface area contributed by atoms with Crippen LogP contribution in [0.3, 0.4) is 0 Å². The molecule has 114 valence electrons. The third kappa shape index (κ3) is 4.11. The quantitative estimate of drug-likeness (QED) is 0.879. The number of benzene rings is 1. The van der Waals surface area contributed by atoms with E-state index < -0.39 is 22.7 Å². The average Bonchev–Trinajstić information content (AvgIpc) is 2.35. The Morgan fingerprint density at radius 1 is 1.20 bits per heavy atom. The Balaban J connectivity index is 3.21. The van der Waals surface area contributed by atoms with E-state index in [1.54, 1.807) is 13.0 Å². The van der Waals surface area contributed by atoms with E-state index in [2.05, 4.69) is 5.32 Å². The standard InChI is InChI=1S/C12H17F3N2O2S/c1-3-16-10-7-5-6-8-11(10)20(18,19)17(4-2)9-12(13,14)15/h5-8,16H,3-4,9H2,1-2H3. The minimum atomic E-state index is -4.57. The molecule has 0 atom stereocenters. The van der Waals surface area contributed by atoms with Crippen molar-refractivity contribution in [1.29, 1.82) is 0 Å². The van der Waals surface area contributed by atoms with E-state index in [1.165, 1.54) is 25.1 Å². The van der Waals surface area contributed by atoms with Crippen LogP contribution in [0.5, 0.6) is 0 Å². The van der Waals surface area contributed by atoms with E-state index >= 15 is 0 Å². The monoisotopic (exact) mass is 310 g/mol. The smallest absolute Gasteiger partial charge is 0.384 e. The van der Waals surface area contributed by atoms with Gasteiger partial charge in [0, 0.05) is 13.1 Å². The molecule has 0 bridgehead atoms. The fourth-order valence-corrected chi connectivity index (χ4v) is 3.34. The van der Waals surface area contributed by atoms with Gasteiger partial charge in [0.05, 0.1) is 5.69 Å². The Morgan fingerprint density at radius 3 is 2.30 bits per heavy atom. The first kappa shape index (κ1) is 16.8. The molecular formula is C12H17F3N2O2S. The molecule has 0 saturated carbocycles. The molecule has 0 heterocycles. The molecular weight excluding hydrogens is 293 g/mol. The molecule has 1 aromatic carbocycles. The van der Waals surface area contributed by atoms with Crippen molar-refractivity contribution in [2.24, 2.45) is 0 Å². The summed E-state index contributed by atoms with van der Waals surface area (Å²) in [5.74, 6) is 0. The van der Waals surface area contributed by atoms with Crippen LogP contribution in [-0.4, -0.2) is 38.5 Å². The molecule has 0 amide bonds. The minimum Gasteiger partial charge on any atom is -0.384 e. The molecule has 20 heavy (non-hydrogen) atoms. The van der Waals surface area contributed by atoms with Gasteiger partial charge in [0.25, 0.3) is 0 Å². The molecule has 0 aliphatic carbocycles. The van der Waals surface area contributed by atoms with E-state index in [0.717, 1.165) is 0 Å². The molecule has 0 aliphatic rings. The highest BCUT2D eigenvalue weighted by molar-refractivity contribution is 7.89. The number of nitrogens with zero attached hydrogens (tertiary/aromatic N) is 1. The zero-order valence-corrected chi connectivity index (χ0v) is 12.1. The van der Waals surface area contributed by atoms with Gasteiger partial charge in [-0.25, -0.2) is 8.42 Å². The van der Waals surface area contributed by atoms with Gasteiger partial charge in [0.15, 0.2) is 0 Å². The summed E-state index contributed by atoms with van der Waals surface area (Å²) in [5.41, 5.74) is 0.302. The summed E-state index contributed by atoms with van der Waals surface area (Å²) in [4.78, 5) is -0.145. The van der Waals surface area contributed by atoms with Crippen molar-refractivity contribution in [3.05, 3.63) is 24.3 Å². The molecule has 4 nitrogen and oxygen atoms in total. The Bertz CT molecular complexity index is 544. The van der Waals surface area contributed by atoms with Crippen LogP contribution in [0.25, 0.3) is 0 Å². The summed E-state index contributed by atoms with van der Waals surface area (Å²) >= 11 is 0. The summed E-state index contributed by atoms with van der Waals surface area (Å²) in [6, 6.07) is 5.93. The fourth-order valence-electron chi connectivity index (χ4n) is 1.73. The van der Waals surface area contributed by atoms with Crippen LogP contribution in [0.1, 0.15) is 13.8 Å². The maximum Gasteiger partial charge on any atom is 0.402 e. The van der Waals surface area contributed by atoms with E-state index in [1.807, 2.05) is 0 Å². The molecule has 0 spiro atoms. The molecule has 0 unspecified atom stereocenters. The minimum absolute atomic E-state index is 0.145. The lowest BCUT2D eigenvalue weighted by Crippen LogP contribution is -2.39. The van der Waals surface area contributed by atoms with Crippen molar-refractivity contribution in [1.82, 2.24) is 4.31 Å². The summed E-state index contributed by atoms with van der Waals surface area (Å²) < 4.78 is 62.5. The van der Waals surface area contributed by atoms with Gasteiger partial charge < -0.3 is 5.32 Å². The predicted octanol–water partition coefficient (Wildman–Crippen LogP) is 2.69. The predicted molar refractivity (Wildman–Crippen MR) is 71.1 cm³/mol. The van der Waals surface area contributed by atoms with Gasteiger partial charge in [-0.1, -0.05) is 19.1 Å². The zero-order valence-electron chi connectivity index (χ0n) is 11.2. The number of hydrogen-bond donors (Lipinski definition) is 1. The van der Waals surface area contributed by atoms with E-state index in [9.17, 15) is 21.6 Å². The molecule has 1 rings (SSSR count). The average molecular weight is 310 g/mol. The highest BCUT2D eigenvalue weighted by atomic mass is 32.2. The summed E-state index contributed by atoms with van der Waals surface area (Å²) in [6.07, 6.45) is -4.57. The van der Waals surface area contributed by atoms with Gasteiger partial charge in [-0.3, -0.25) is 0 Å². The Kier molecular flexibility index (Phi) is 5.41. The summed E-state index contributed by atoms with van der Waals surface area (Å²) in [5, 5.41) is 2.84. The molecule has 1 N–H and O–H groups in total. The van der Waals surface area contributed by atoms with Crippen LogP contribution in [0.2, 0.25) is 0 Å². The highest BCUT2D eigenvalue weighted by Crippen LogP contribution is 2.27. The van der Waals surface area contributed by atoms with E-state index in [-0.39, 0.29) is 11.4 Å². The number of anilines is 1. The zero-order chi connectivity index (χ0) is 15.4. The largest absolute Gasteiger partial charge is 0.402 e. The number of halogens is 3. The lowest BCUT2D eigenvalue weighted by atomic mass is 10.3. The molecule has 8 heteroatoms. The van der Waals surface area contributed by atoms with Crippen molar-refractivity contribution < 1.29 is 21.6 Å². The topological polar surface area (TPSA) is 49.4 Å². The molecule has 0 aliphatic heterocycles. The van der Waals surface area contributed by atoms with Crippen molar-refractivity contribution in [3.63, 3.8) is 0 Å². The first-order valence-corrected chi connectivity index (χ1v) is 7.56. The summed E-state index contributed by atoms with van der Waals surface area (Å²) in [7, 11) is -4.19. The van der Waals surface area contributed by atoms with Crippen LogP contribution >= 0.6 is 0 Å². The number of rotatable bonds is 6. The van der Waals surface area contributed by atoms with Crippen LogP contribution in [0.15, 0.2) is 29.2 Å². The van der Waals surface area contributed by atoms with Crippen molar-refractivity contribution in [3.8, 4) is 0 Å². The maximum atomic E-state index is 12.5. The SMILES string of the molecule is CCNc1ccccc1S(=O)(=O)N(CC)CC(F)(F)F. The first-order chi connectivity index (χ1) is 9.22. The van der Waals surface area contributed by atoms with Crippen LogP contribution in [0, 0.1) is 0 Å². The number of para-hydroxylation sites is 1. The second-order valence-electron chi connectivity index (χ2n) is 4.07. The van der Waals surface area contributed by atoms with Crippen LogP contribution in [-0.2, 0) is 10.0 Å². The fraction of sp³-hybridized carbons (Fsp3) is 0.500. The molecule has 0 saturated heterocycles. The first-order valence-electron chi connectivity index (χ1n) is 6.12. The van der Waals surface area contributed by atoms with Crippen LogP contribution < -0.4 is 5.32 Å². The Morgan fingerprint density at radius 2 is 1.80 bits per heavy atom. The van der Waals surface area contributed by atoms with Gasteiger partial charge in [-0.15, -0.1) is 0 Å². The third-order valence-electron chi connectivity index (χ3n) is 2.58. The Hall–Kier alpha value is -1.28. The Labute approximate surface area is 116 Å². The van der Waals surface area contributed by atoms with Gasteiger partial charge in [0.1, 0.15) is 11.4 Å². The molecule has 0 aromatic heterocycles. The second kappa shape index (κ2) is 6.45. The molecule has 1 aromatic rings. The number of sulfonamides is 1. The molecule has 0 fully saturated rings. The van der Waals surface area contributed by atoms with Gasteiger partial charge in [0.2, 0.25) is 10.0 Å². The summed E-state index contributed by atoms with van der Waals surface area (Å²) in [6.45, 7) is 1.88. The third-order valence-corrected chi connectivity index (χ3v) is 4.56. The van der Waals surface area contributed by atoms with Gasteiger partial charge in [-0.2, -0.15) is 17.5 Å². The molecule has 0 radical (unpaired) electrons. The van der Waals surface area contributed by atoms with Gasteiger partial charge in [-0.05, 0) is 19.1 Å². The lowest BCUT2D eigenvalue weighted by molar-refractivity contribution is -0.135. The second-order valence-corrected chi connectivity index (χ2v) is 5.98. The van der Waals surface area contributed by atoms with Crippen molar-refractivity contribution >= 4 is 15.7 Å². The highest BCUT2D eigenvalue weighted by Gasteiger charge is 2.36. The number of nitrogens with one attached hydrogen (secondary N) is 1. The van der Waals surface area contributed by atoms with E-state index in [4.69, 9.17) is 0 Å².